The lowest BCUT2D eigenvalue weighted by atomic mass is 9.92. The molecule has 0 saturated heterocycles. The van der Waals surface area contributed by atoms with Crippen LogP contribution in [0.4, 0.5) is 0 Å². The number of rotatable bonds is 12. The van der Waals surface area contributed by atoms with Crippen LogP contribution < -0.4 is 0 Å². The number of nitrogens with zero attached hydrogens (tertiary/aromatic N) is 2. The van der Waals surface area contributed by atoms with Crippen LogP contribution >= 0.6 is 34.0 Å². The number of hydrogen-bond donors (Lipinski definition) is 0. The molecule has 5 aromatic heterocycles. The van der Waals surface area contributed by atoms with Gasteiger partial charge in [0.2, 0.25) is 0 Å². The molecule has 5 heteroatoms. The van der Waals surface area contributed by atoms with E-state index in [9.17, 15) is 0 Å². The lowest BCUT2D eigenvalue weighted by Crippen LogP contribution is -1.94. The standard InChI is InChI=1S/C84H51NS2.C54H33NS/c1-5-18-52(19-6-1)57-35-40-81-75(44-57)77-50-62(54-22-9-3-10-23-54)48-70(83(77)86-81)60-33-38-79-73(46-60)74-47-61(71-49-63(55-24-11-4-12-25-55)51-78-76-45-58(53-20-7-2-8-21-53)36-41-82(76)87-84(71)78)34-39-80(74)85(79)64-27-17-26-56(42-64)59-32-37-69-67-30-14-13-28-65(67)66-29-15-16-31-68(66)72(69)43-59;1-3-13-34(14-4-1)36-24-28-53-49(29-36)50-32-38(35-15-5-2-6-16-35)31-46(54(50)56-53)37-23-27-52-48(30-37)45-21-11-12-22-51(45)55(52)39-25-26-44-42-19-8-7-17-40(42)41-18-9-10-20-43(41)47(44)33-39/h1-51H;1-33H. The van der Waals surface area contributed by atoms with Gasteiger partial charge in [0.1, 0.15) is 0 Å². The Morgan fingerprint density at radius 3 is 0.706 bits per heavy atom. The fourth-order valence-corrected chi connectivity index (χ4v) is 26.7. The summed E-state index contributed by atoms with van der Waals surface area (Å²) in [6, 6.07) is 190. The van der Waals surface area contributed by atoms with Crippen LogP contribution in [0.2, 0.25) is 0 Å². The normalized spacial score (nSPS) is 11.9. The van der Waals surface area contributed by atoms with E-state index in [1.54, 1.807) is 0 Å². The Morgan fingerprint density at radius 1 is 0.112 bits per heavy atom. The highest BCUT2D eigenvalue weighted by molar-refractivity contribution is 7.27. The number of fused-ring (bicyclic) bond motifs is 27. The second kappa shape index (κ2) is 33.6. The first kappa shape index (κ1) is 82.4. The second-order valence-electron chi connectivity index (χ2n) is 37.9. The van der Waals surface area contributed by atoms with Gasteiger partial charge in [-0.05, 0) is 305 Å². The SMILES string of the molecule is c1ccc(-c2ccc3sc4c(-c5ccc6c(c5)c5cc(-c7cc(-c8ccccc8)cc8c7sc7ccc(-c9ccccc9)cc78)ccc5n6-c5cccc(-c6ccc7c8ccccc8c8ccccc8c7c6)c5)cc(-c5ccccc5)cc4c3c2)cc1.c1ccc(-c2ccc3sc4c(-c5ccc6c(c5)c5ccccc5n6-c5ccc6c7ccccc7c7ccccc7c6c5)cc(-c5ccccc5)cc4c3c2)cc1. The summed E-state index contributed by atoms with van der Waals surface area (Å²) < 4.78 is 12.7. The Kier molecular flexibility index (Phi) is 19.3. The number of aromatic nitrogens is 2. The second-order valence-corrected chi connectivity index (χ2v) is 41.1. The van der Waals surface area contributed by atoms with E-state index in [-0.39, 0.29) is 0 Å². The van der Waals surface area contributed by atoms with Gasteiger partial charge in [-0.2, -0.15) is 0 Å². The van der Waals surface area contributed by atoms with Gasteiger partial charge in [-0.25, -0.2) is 0 Å². The molecule has 0 unspecified atom stereocenters. The molecular weight excluding hydrogens is 1780 g/mol. The van der Waals surface area contributed by atoms with E-state index in [1.807, 2.05) is 34.0 Å². The summed E-state index contributed by atoms with van der Waals surface area (Å²) in [6.07, 6.45) is 0. The maximum Gasteiger partial charge on any atom is 0.0541 e. The van der Waals surface area contributed by atoms with E-state index in [0.29, 0.717) is 0 Å². The Bertz CT molecular complexity index is 10100. The van der Waals surface area contributed by atoms with Crippen molar-refractivity contribution in [3.05, 3.63) is 510 Å². The summed E-state index contributed by atoms with van der Waals surface area (Å²) in [6.45, 7) is 0. The first-order valence-corrected chi connectivity index (χ1v) is 51.6. The summed E-state index contributed by atoms with van der Waals surface area (Å²) in [5.41, 5.74) is 31.4. The average Bonchev–Trinajstić information content (AvgIpc) is 1.67. The quantitative estimate of drug-likeness (QED) is 0.108. The van der Waals surface area contributed by atoms with Gasteiger partial charge in [0, 0.05) is 110 Å². The van der Waals surface area contributed by atoms with E-state index in [1.165, 1.54) is 275 Å². The van der Waals surface area contributed by atoms with Crippen molar-refractivity contribution in [2.45, 2.75) is 0 Å². The van der Waals surface area contributed by atoms with Crippen molar-refractivity contribution in [3.8, 4) is 123 Å². The van der Waals surface area contributed by atoms with Crippen LogP contribution in [0.25, 0.3) is 291 Å². The van der Waals surface area contributed by atoms with Crippen LogP contribution in [0.1, 0.15) is 0 Å². The van der Waals surface area contributed by atoms with Crippen LogP contribution in [-0.4, -0.2) is 9.13 Å². The van der Waals surface area contributed by atoms with Gasteiger partial charge < -0.3 is 9.13 Å². The Balaban J connectivity index is 0.000000150. The van der Waals surface area contributed by atoms with Crippen molar-refractivity contribution in [3.63, 3.8) is 0 Å². The summed E-state index contributed by atoms with van der Waals surface area (Å²) in [7, 11) is 0. The summed E-state index contributed by atoms with van der Waals surface area (Å²) in [5, 5.41) is 28.1. The molecule has 0 aliphatic heterocycles. The molecule has 0 aliphatic carbocycles. The van der Waals surface area contributed by atoms with E-state index in [2.05, 4.69) is 519 Å². The van der Waals surface area contributed by atoms with Crippen LogP contribution in [0, 0.1) is 0 Å². The van der Waals surface area contributed by atoms with Crippen molar-refractivity contribution in [2.24, 2.45) is 0 Å². The third-order valence-electron chi connectivity index (χ3n) is 29.9. The molecule has 25 aromatic carbocycles. The van der Waals surface area contributed by atoms with E-state index >= 15 is 0 Å². The minimum absolute atomic E-state index is 1.12. The molecule has 0 spiro atoms. The van der Waals surface area contributed by atoms with Crippen LogP contribution in [0.3, 0.4) is 0 Å². The Morgan fingerprint density at radius 2 is 0.343 bits per heavy atom. The average molecular weight is 1870 g/mol. The minimum atomic E-state index is 1.12. The lowest BCUT2D eigenvalue weighted by Gasteiger charge is -2.14. The van der Waals surface area contributed by atoms with Crippen molar-refractivity contribution >= 4 is 203 Å². The molecule has 0 radical (unpaired) electrons. The number of para-hydroxylation sites is 1. The van der Waals surface area contributed by atoms with Crippen molar-refractivity contribution in [2.75, 3.05) is 0 Å². The molecule has 0 aliphatic rings. The first-order valence-electron chi connectivity index (χ1n) is 49.1. The molecule has 0 atom stereocenters. The van der Waals surface area contributed by atoms with Crippen molar-refractivity contribution in [1.82, 2.24) is 9.13 Å². The number of hydrogen-bond acceptors (Lipinski definition) is 3. The third kappa shape index (κ3) is 13.8. The summed E-state index contributed by atoms with van der Waals surface area (Å²) in [4.78, 5) is 0. The molecule has 2 nitrogen and oxygen atoms in total. The Labute approximate surface area is 837 Å². The fourth-order valence-electron chi connectivity index (χ4n) is 23.1. The van der Waals surface area contributed by atoms with E-state index in [0.717, 1.165) is 16.7 Å². The zero-order valence-corrected chi connectivity index (χ0v) is 80.1. The largest absolute Gasteiger partial charge is 0.309 e. The molecule has 30 rings (SSSR count). The summed E-state index contributed by atoms with van der Waals surface area (Å²) >= 11 is 5.70. The smallest absolute Gasteiger partial charge is 0.0541 e. The maximum atomic E-state index is 2.51. The first-order chi connectivity index (χ1) is 70.9. The summed E-state index contributed by atoms with van der Waals surface area (Å²) in [5.74, 6) is 0. The van der Waals surface area contributed by atoms with Gasteiger partial charge in [-0.3, -0.25) is 0 Å². The predicted octanol–water partition coefficient (Wildman–Crippen LogP) is 40.3. The lowest BCUT2D eigenvalue weighted by molar-refractivity contribution is 1.18. The molecule has 0 saturated carbocycles. The van der Waals surface area contributed by atoms with Gasteiger partial charge in [0.15, 0.2) is 0 Å². The molecule has 0 amide bonds. The molecule has 143 heavy (non-hydrogen) atoms. The highest BCUT2D eigenvalue weighted by Crippen LogP contribution is 2.52. The topological polar surface area (TPSA) is 9.86 Å². The predicted molar refractivity (Wildman–Crippen MR) is 620 cm³/mol. The fraction of sp³-hybridized carbons (Fsp3) is 0. The molecule has 0 fully saturated rings. The minimum Gasteiger partial charge on any atom is -0.309 e. The zero-order chi connectivity index (χ0) is 93.8. The molecule has 664 valence electrons. The van der Waals surface area contributed by atoms with Gasteiger partial charge in [0.25, 0.3) is 0 Å². The highest BCUT2D eigenvalue weighted by atomic mass is 32.1. The maximum absolute atomic E-state index is 2.51. The van der Waals surface area contributed by atoms with Crippen LogP contribution in [0.15, 0.2) is 510 Å². The molecule has 5 heterocycles. The number of benzene rings is 25. The molecule has 0 bridgehead atoms. The molecule has 30 aromatic rings. The van der Waals surface area contributed by atoms with Gasteiger partial charge in [0.05, 0.1) is 22.1 Å². The van der Waals surface area contributed by atoms with E-state index < -0.39 is 0 Å². The third-order valence-corrected chi connectivity index (χ3v) is 33.6. The van der Waals surface area contributed by atoms with Crippen LogP contribution in [0.5, 0.6) is 0 Å². The van der Waals surface area contributed by atoms with E-state index in [4.69, 9.17) is 0 Å². The highest BCUT2D eigenvalue weighted by Gasteiger charge is 2.26. The molecular formula is C138H84N2S3. The van der Waals surface area contributed by atoms with Gasteiger partial charge >= 0.3 is 0 Å². The monoisotopic (exact) mass is 1860 g/mol. The zero-order valence-electron chi connectivity index (χ0n) is 77.6. The number of thiophene rings is 3. The van der Waals surface area contributed by atoms with Gasteiger partial charge in [-0.15, -0.1) is 34.0 Å². The van der Waals surface area contributed by atoms with Crippen LogP contribution in [-0.2, 0) is 0 Å². The van der Waals surface area contributed by atoms with Crippen molar-refractivity contribution in [1.29, 1.82) is 0 Å². The Hall–Kier alpha value is -17.7. The van der Waals surface area contributed by atoms with Crippen molar-refractivity contribution < 1.29 is 0 Å². The molecule has 0 N–H and O–H groups in total. The van der Waals surface area contributed by atoms with Gasteiger partial charge in [-0.1, -0.05) is 364 Å².